The lowest BCUT2D eigenvalue weighted by Gasteiger charge is -2.36. The number of rotatable bonds is 3. The fourth-order valence-corrected chi connectivity index (χ4v) is 2.24. The Balaban J connectivity index is 1.69. The highest BCUT2D eigenvalue weighted by molar-refractivity contribution is 5.78. The van der Waals surface area contributed by atoms with Gasteiger partial charge in [-0.3, -0.25) is 4.79 Å². The van der Waals surface area contributed by atoms with Crippen molar-refractivity contribution in [1.29, 1.82) is 0 Å². The highest BCUT2D eigenvalue weighted by atomic mass is 16.6. The Bertz CT molecular complexity index is 382. The smallest absolute Gasteiger partial charge is 0.410 e. The van der Waals surface area contributed by atoms with Crippen molar-refractivity contribution < 1.29 is 14.3 Å². The third-order valence-electron chi connectivity index (χ3n) is 3.61. The molecule has 2 amide bonds. The molecule has 0 aromatic heterocycles. The Morgan fingerprint density at radius 2 is 1.71 bits per heavy atom. The molecule has 7 nitrogen and oxygen atoms in total. The number of hydrogen-bond donors (Lipinski definition) is 2. The van der Waals surface area contributed by atoms with Gasteiger partial charge < -0.3 is 25.2 Å². The largest absolute Gasteiger partial charge is 0.444 e. The molecule has 2 fully saturated rings. The van der Waals surface area contributed by atoms with E-state index in [4.69, 9.17) is 4.74 Å². The maximum atomic E-state index is 12.1. The van der Waals surface area contributed by atoms with E-state index in [0.29, 0.717) is 38.8 Å². The Morgan fingerprint density at radius 1 is 1.14 bits per heavy atom. The normalized spacial score (nSPS) is 20.1. The zero-order valence-electron chi connectivity index (χ0n) is 13.1. The summed E-state index contributed by atoms with van der Waals surface area (Å²) in [5.41, 5.74) is -0.481. The number of nitrogens with zero attached hydrogens (tertiary/aromatic N) is 2. The Labute approximate surface area is 126 Å². The van der Waals surface area contributed by atoms with E-state index in [1.54, 1.807) is 9.80 Å². The minimum absolute atomic E-state index is 0.103. The predicted molar refractivity (Wildman–Crippen MR) is 79.0 cm³/mol. The van der Waals surface area contributed by atoms with Crippen molar-refractivity contribution in [2.24, 2.45) is 0 Å². The molecule has 0 saturated carbocycles. The van der Waals surface area contributed by atoms with Crippen molar-refractivity contribution in [3.05, 3.63) is 0 Å². The van der Waals surface area contributed by atoms with Gasteiger partial charge in [0, 0.05) is 45.3 Å². The zero-order chi connectivity index (χ0) is 15.5. The van der Waals surface area contributed by atoms with Gasteiger partial charge in [-0.15, -0.1) is 0 Å². The molecule has 2 N–H and O–H groups in total. The maximum Gasteiger partial charge on any atom is 0.410 e. The van der Waals surface area contributed by atoms with Gasteiger partial charge in [0.2, 0.25) is 5.91 Å². The number of nitrogens with one attached hydrogen (secondary N) is 2. The summed E-state index contributed by atoms with van der Waals surface area (Å²) in [5, 5.41) is 6.38. The average Bonchev–Trinajstić information content (AvgIpc) is 2.35. The summed E-state index contributed by atoms with van der Waals surface area (Å²) in [5.74, 6) is 0.103. The Hall–Kier alpha value is -1.34. The molecule has 0 atom stereocenters. The van der Waals surface area contributed by atoms with Crippen molar-refractivity contribution >= 4 is 12.0 Å². The summed E-state index contributed by atoms with van der Waals surface area (Å²) in [6, 6.07) is 0.414. The van der Waals surface area contributed by atoms with Crippen molar-refractivity contribution in [2.45, 2.75) is 32.4 Å². The van der Waals surface area contributed by atoms with Crippen LogP contribution in [0.3, 0.4) is 0 Å². The SMILES string of the molecule is CC(C)(C)OC(=O)N1CCN(C(=O)CNC2CNC2)CC1. The molecule has 0 aromatic rings. The van der Waals surface area contributed by atoms with E-state index in [-0.39, 0.29) is 12.0 Å². The lowest BCUT2D eigenvalue weighted by molar-refractivity contribution is -0.132. The monoisotopic (exact) mass is 298 g/mol. The number of piperazine rings is 1. The number of ether oxygens (including phenoxy) is 1. The Kier molecular flexibility index (Phi) is 5.05. The molecule has 7 heteroatoms. The highest BCUT2D eigenvalue weighted by Gasteiger charge is 2.28. The van der Waals surface area contributed by atoms with Gasteiger partial charge in [0.15, 0.2) is 0 Å². The first-order chi connectivity index (χ1) is 9.85. The van der Waals surface area contributed by atoms with Crippen LogP contribution in [0.1, 0.15) is 20.8 Å². The molecule has 0 unspecified atom stereocenters. The standard InChI is InChI=1S/C14H26N4O3/c1-14(2,3)21-13(20)18-6-4-17(5-7-18)12(19)10-16-11-8-15-9-11/h11,15-16H,4-10H2,1-3H3. The van der Waals surface area contributed by atoms with Crippen LogP contribution in [0.25, 0.3) is 0 Å². The Morgan fingerprint density at radius 3 is 2.19 bits per heavy atom. The van der Waals surface area contributed by atoms with E-state index in [1.165, 1.54) is 0 Å². The fourth-order valence-electron chi connectivity index (χ4n) is 2.24. The van der Waals surface area contributed by atoms with Crippen molar-refractivity contribution in [3.8, 4) is 0 Å². The van der Waals surface area contributed by atoms with Crippen LogP contribution in [0.4, 0.5) is 4.79 Å². The first kappa shape index (κ1) is 16.0. The van der Waals surface area contributed by atoms with E-state index in [2.05, 4.69) is 10.6 Å². The van der Waals surface area contributed by atoms with Crippen LogP contribution in [0.15, 0.2) is 0 Å². The second-order valence-corrected chi connectivity index (χ2v) is 6.58. The van der Waals surface area contributed by atoms with Crippen LogP contribution >= 0.6 is 0 Å². The molecule has 2 saturated heterocycles. The van der Waals surface area contributed by atoms with Crippen LogP contribution in [0.5, 0.6) is 0 Å². The molecule has 2 rings (SSSR count). The third-order valence-corrected chi connectivity index (χ3v) is 3.61. The fraction of sp³-hybridized carbons (Fsp3) is 0.857. The molecule has 2 aliphatic heterocycles. The van der Waals surface area contributed by atoms with Gasteiger partial charge >= 0.3 is 6.09 Å². The number of hydrogen-bond acceptors (Lipinski definition) is 5. The van der Waals surface area contributed by atoms with Gasteiger partial charge in [-0.2, -0.15) is 0 Å². The molecule has 0 radical (unpaired) electrons. The van der Waals surface area contributed by atoms with E-state index in [0.717, 1.165) is 13.1 Å². The first-order valence-electron chi connectivity index (χ1n) is 7.55. The lowest BCUT2D eigenvalue weighted by Crippen LogP contribution is -2.58. The van der Waals surface area contributed by atoms with Crippen LogP contribution < -0.4 is 10.6 Å². The van der Waals surface area contributed by atoms with E-state index >= 15 is 0 Å². The van der Waals surface area contributed by atoms with Crippen LogP contribution in [0.2, 0.25) is 0 Å². The molecular formula is C14H26N4O3. The quantitative estimate of drug-likeness (QED) is 0.743. The number of amides is 2. The van der Waals surface area contributed by atoms with Crippen molar-refractivity contribution in [2.75, 3.05) is 45.8 Å². The summed E-state index contributed by atoms with van der Waals surface area (Å²) >= 11 is 0. The summed E-state index contributed by atoms with van der Waals surface area (Å²) in [7, 11) is 0. The summed E-state index contributed by atoms with van der Waals surface area (Å²) < 4.78 is 5.34. The van der Waals surface area contributed by atoms with E-state index < -0.39 is 5.60 Å². The number of carbonyl (C=O) groups excluding carboxylic acids is 2. The minimum atomic E-state index is -0.481. The predicted octanol–water partition coefficient (Wildman–Crippen LogP) is -0.373. The highest BCUT2D eigenvalue weighted by Crippen LogP contribution is 2.11. The average molecular weight is 298 g/mol. The van der Waals surface area contributed by atoms with E-state index in [9.17, 15) is 9.59 Å². The van der Waals surface area contributed by atoms with Crippen LogP contribution in [-0.2, 0) is 9.53 Å². The lowest BCUT2D eigenvalue weighted by atomic mass is 10.2. The molecule has 0 spiro atoms. The molecule has 2 heterocycles. The van der Waals surface area contributed by atoms with Gasteiger partial charge in [0.05, 0.1) is 6.54 Å². The third kappa shape index (κ3) is 4.86. The summed E-state index contributed by atoms with van der Waals surface area (Å²) in [6.45, 7) is 10.0. The van der Waals surface area contributed by atoms with Gasteiger partial charge in [-0.25, -0.2) is 4.79 Å². The van der Waals surface area contributed by atoms with Crippen LogP contribution in [0, 0.1) is 0 Å². The molecule has 0 aromatic carbocycles. The van der Waals surface area contributed by atoms with Crippen molar-refractivity contribution in [3.63, 3.8) is 0 Å². The molecule has 0 bridgehead atoms. The molecular weight excluding hydrogens is 272 g/mol. The van der Waals surface area contributed by atoms with Gasteiger partial charge in [-0.1, -0.05) is 0 Å². The first-order valence-corrected chi connectivity index (χ1v) is 7.55. The topological polar surface area (TPSA) is 73.9 Å². The second kappa shape index (κ2) is 6.62. The maximum absolute atomic E-state index is 12.1. The molecule has 21 heavy (non-hydrogen) atoms. The van der Waals surface area contributed by atoms with Gasteiger partial charge in [-0.05, 0) is 20.8 Å². The minimum Gasteiger partial charge on any atom is -0.444 e. The summed E-state index contributed by atoms with van der Waals surface area (Å²) in [4.78, 5) is 27.5. The summed E-state index contributed by atoms with van der Waals surface area (Å²) in [6.07, 6.45) is -0.298. The van der Waals surface area contributed by atoms with Crippen molar-refractivity contribution in [1.82, 2.24) is 20.4 Å². The zero-order valence-corrected chi connectivity index (χ0v) is 13.1. The molecule has 120 valence electrons. The van der Waals surface area contributed by atoms with E-state index in [1.807, 2.05) is 20.8 Å². The second-order valence-electron chi connectivity index (χ2n) is 6.58. The van der Waals surface area contributed by atoms with Gasteiger partial charge in [0.25, 0.3) is 0 Å². The van der Waals surface area contributed by atoms with Gasteiger partial charge in [0.1, 0.15) is 5.60 Å². The molecule has 0 aliphatic carbocycles. The number of carbonyl (C=O) groups is 2. The molecule has 2 aliphatic rings. The van der Waals surface area contributed by atoms with Crippen LogP contribution in [-0.4, -0.2) is 79.3 Å².